The Balaban J connectivity index is 2.02. The Morgan fingerprint density at radius 2 is 2.41 bits per heavy atom. The lowest BCUT2D eigenvalue weighted by molar-refractivity contribution is -0.128. The van der Waals surface area contributed by atoms with E-state index in [-0.39, 0.29) is 5.91 Å². The number of halogens is 2. The third-order valence-electron chi connectivity index (χ3n) is 2.41. The summed E-state index contributed by atoms with van der Waals surface area (Å²) >= 11 is 9.32. The van der Waals surface area contributed by atoms with Crippen LogP contribution in [0, 0.1) is 0 Å². The highest BCUT2D eigenvalue weighted by Gasteiger charge is 2.22. The molecule has 1 aliphatic rings. The fourth-order valence-electron chi connectivity index (χ4n) is 1.54. The number of nitrogens with one attached hydrogen (secondary N) is 2. The Labute approximate surface area is 113 Å². The van der Waals surface area contributed by atoms with Crippen LogP contribution in [-0.2, 0) is 9.53 Å². The molecule has 1 heterocycles. The van der Waals surface area contributed by atoms with Gasteiger partial charge in [0.2, 0.25) is 0 Å². The molecule has 4 nitrogen and oxygen atoms in total. The molecule has 1 amide bonds. The first-order valence-corrected chi connectivity index (χ1v) is 6.42. The SMILES string of the molecule is O=C(Nc1ccc(Br)cc1Cl)C1CNCCO1. The highest BCUT2D eigenvalue weighted by Crippen LogP contribution is 2.25. The molecule has 0 spiro atoms. The van der Waals surface area contributed by atoms with Gasteiger partial charge in [-0.3, -0.25) is 4.79 Å². The van der Waals surface area contributed by atoms with Crippen molar-refractivity contribution in [1.29, 1.82) is 0 Å². The van der Waals surface area contributed by atoms with E-state index < -0.39 is 6.10 Å². The van der Waals surface area contributed by atoms with Gasteiger partial charge in [-0.25, -0.2) is 0 Å². The maximum Gasteiger partial charge on any atom is 0.254 e. The number of morpholine rings is 1. The average molecular weight is 320 g/mol. The number of ether oxygens (including phenoxy) is 1. The van der Waals surface area contributed by atoms with Gasteiger partial charge in [0.15, 0.2) is 0 Å². The highest BCUT2D eigenvalue weighted by atomic mass is 79.9. The van der Waals surface area contributed by atoms with E-state index in [9.17, 15) is 4.79 Å². The van der Waals surface area contributed by atoms with Gasteiger partial charge in [-0.1, -0.05) is 27.5 Å². The Kier molecular flexibility index (Phi) is 4.39. The lowest BCUT2D eigenvalue weighted by Crippen LogP contribution is -2.45. The summed E-state index contributed by atoms with van der Waals surface area (Å²) in [7, 11) is 0. The lowest BCUT2D eigenvalue weighted by atomic mass is 10.2. The molecule has 6 heteroatoms. The summed E-state index contributed by atoms with van der Waals surface area (Å²) in [5.41, 5.74) is 0.592. The van der Waals surface area contributed by atoms with Crippen LogP contribution in [0.25, 0.3) is 0 Å². The largest absolute Gasteiger partial charge is 0.366 e. The van der Waals surface area contributed by atoms with Crippen molar-refractivity contribution in [2.24, 2.45) is 0 Å². The van der Waals surface area contributed by atoms with Crippen molar-refractivity contribution in [1.82, 2.24) is 5.32 Å². The number of benzene rings is 1. The number of amides is 1. The van der Waals surface area contributed by atoms with Crippen molar-refractivity contribution in [2.75, 3.05) is 25.0 Å². The topological polar surface area (TPSA) is 50.4 Å². The number of carbonyl (C=O) groups is 1. The molecule has 0 aromatic heterocycles. The smallest absolute Gasteiger partial charge is 0.254 e. The molecule has 2 rings (SSSR count). The molecule has 1 fully saturated rings. The Hall–Kier alpha value is -0.620. The molecule has 1 aliphatic heterocycles. The van der Waals surface area contributed by atoms with Gasteiger partial charge in [-0.2, -0.15) is 0 Å². The Morgan fingerprint density at radius 3 is 3.06 bits per heavy atom. The molecular formula is C11H12BrClN2O2. The second-order valence-electron chi connectivity index (χ2n) is 3.68. The summed E-state index contributed by atoms with van der Waals surface area (Å²) in [6, 6.07) is 5.30. The maximum atomic E-state index is 11.9. The van der Waals surface area contributed by atoms with Crippen LogP contribution in [0.4, 0.5) is 5.69 Å². The molecule has 0 radical (unpaired) electrons. The lowest BCUT2D eigenvalue weighted by Gasteiger charge is -2.22. The number of anilines is 1. The predicted molar refractivity (Wildman–Crippen MR) is 70.4 cm³/mol. The van der Waals surface area contributed by atoms with Crippen molar-refractivity contribution in [3.8, 4) is 0 Å². The monoisotopic (exact) mass is 318 g/mol. The van der Waals surface area contributed by atoms with Crippen LogP contribution >= 0.6 is 27.5 Å². The van der Waals surface area contributed by atoms with Crippen LogP contribution in [0.3, 0.4) is 0 Å². The van der Waals surface area contributed by atoms with Gasteiger partial charge >= 0.3 is 0 Å². The van der Waals surface area contributed by atoms with Gasteiger partial charge in [0.05, 0.1) is 17.3 Å². The third-order valence-corrected chi connectivity index (χ3v) is 3.22. The van der Waals surface area contributed by atoms with E-state index in [1.54, 1.807) is 12.1 Å². The second-order valence-corrected chi connectivity index (χ2v) is 5.00. The molecule has 17 heavy (non-hydrogen) atoms. The Morgan fingerprint density at radius 1 is 1.59 bits per heavy atom. The zero-order valence-electron chi connectivity index (χ0n) is 9.00. The molecule has 0 bridgehead atoms. The van der Waals surface area contributed by atoms with E-state index in [4.69, 9.17) is 16.3 Å². The van der Waals surface area contributed by atoms with Crippen LogP contribution in [-0.4, -0.2) is 31.7 Å². The molecule has 1 saturated heterocycles. The fourth-order valence-corrected chi connectivity index (χ4v) is 2.26. The number of hydrogen-bond donors (Lipinski definition) is 2. The van der Waals surface area contributed by atoms with Gasteiger partial charge in [0.25, 0.3) is 5.91 Å². The van der Waals surface area contributed by atoms with Gasteiger partial charge in [0.1, 0.15) is 6.10 Å². The fraction of sp³-hybridized carbons (Fsp3) is 0.364. The summed E-state index contributed by atoms with van der Waals surface area (Å²) in [4.78, 5) is 11.9. The minimum absolute atomic E-state index is 0.179. The van der Waals surface area contributed by atoms with E-state index >= 15 is 0 Å². The zero-order chi connectivity index (χ0) is 12.3. The molecular weight excluding hydrogens is 307 g/mol. The molecule has 92 valence electrons. The Bertz CT molecular complexity index is 422. The summed E-state index contributed by atoms with van der Waals surface area (Å²) in [5.74, 6) is -0.179. The minimum Gasteiger partial charge on any atom is -0.366 e. The predicted octanol–water partition coefficient (Wildman–Crippen LogP) is 2.03. The summed E-state index contributed by atoms with van der Waals surface area (Å²) in [5, 5.41) is 6.35. The van der Waals surface area contributed by atoms with Crippen LogP contribution in [0.1, 0.15) is 0 Å². The summed E-state index contributed by atoms with van der Waals surface area (Å²) in [6.07, 6.45) is -0.455. The summed E-state index contributed by atoms with van der Waals surface area (Å²) < 4.78 is 6.22. The van der Waals surface area contributed by atoms with Crippen LogP contribution in [0.5, 0.6) is 0 Å². The molecule has 1 aromatic rings. The van der Waals surface area contributed by atoms with Gasteiger partial charge in [-0.05, 0) is 18.2 Å². The van der Waals surface area contributed by atoms with E-state index in [1.165, 1.54) is 0 Å². The van der Waals surface area contributed by atoms with E-state index in [1.807, 2.05) is 6.07 Å². The van der Waals surface area contributed by atoms with Crippen molar-refractivity contribution >= 4 is 39.1 Å². The van der Waals surface area contributed by atoms with E-state index in [0.29, 0.717) is 23.9 Å². The average Bonchev–Trinajstić information content (AvgIpc) is 2.34. The van der Waals surface area contributed by atoms with Crippen LogP contribution in [0.15, 0.2) is 22.7 Å². The van der Waals surface area contributed by atoms with Crippen molar-refractivity contribution < 1.29 is 9.53 Å². The number of carbonyl (C=O) groups excluding carboxylic acids is 1. The third kappa shape index (κ3) is 3.42. The summed E-state index contributed by atoms with van der Waals surface area (Å²) in [6.45, 7) is 1.86. The van der Waals surface area contributed by atoms with Crippen molar-refractivity contribution in [3.63, 3.8) is 0 Å². The van der Waals surface area contributed by atoms with Crippen LogP contribution in [0.2, 0.25) is 5.02 Å². The second kappa shape index (κ2) is 5.82. The first-order chi connectivity index (χ1) is 8.16. The maximum absolute atomic E-state index is 11.9. The normalized spacial score (nSPS) is 20.0. The zero-order valence-corrected chi connectivity index (χ0v) is 11.3. The van der Waals surface area contributed by atoms with Gasteiger partial charge in [-0.15, -0.1) is 0 Å². The van der Waals surface area contributed by atoms with Crippen LogP contribution < -0.4 is 10.6 Å². The highest BCUT2D eigenvalue weighted by molar-refractivity contribution is 9.10. The first-order valence-electron chi connectivity index (χ1n) is 5.25. The van der Waals surface area contributed by atoms with Crippen molar-refractivity contribution in [3.05, 3.63) is 27.7 Å². The molecule has 0 aliphatic carbocycles. The molecule has 0 saturated carbocycles. The molecule has 1 aromatic carbocycles. The standard InChI is InChI=1S/C11H12BrClN2O2/c12-7-1-2-9(8(13)5-7)15-11(16)10-6-14-3-4-17-10/h1-2,5,10,14H,3-4,6H2,(H,15,16). The minimum atomic E-state index is -0.455. The van der Waals surface area contributed by atoms with Crippen molar-refractivity contribution in [2.45, 2.75) is 6.10 Å². The molecule has 2 N–H and O–H groups in total. The quantitative estimate of drug-likeness (QED) is 0.877. The number of hydrogen-bond acceptors (Lipinski definition) is 3. The first kappa shape index (κ1) is 12.8. The number of rotatable bonds is 2. The van der Waals surface area contributed by atoms with Gasteiger partial charge in [0, 0.05) is 17.6 Å². The molecule has 1 unspecified atom stereocenters. The van der Waals surface area contributed by atoms with Gasteiger partial charge < -0.3 is 15.4 Å². The van der Waals surface area contributed by atoms with E-state index in [2.05, 4.69) is 26.6 Å². The molecule has 1 atom stereocenters. The van der Waals surface area contributed by atoms with E-state index in [0.717, 1.165) is 11.0 Å².